The van der Waals surface area contributed by atoms with Gasteiger partial charge in [0.25, 0.3) is 5.91 Å². The Balaban J connectivity index is 2.09. The Morgan fingerprint density at radius 1 is 1.65 bits per heavy atom. The molecule has 0 aliphatic carbocycles. The normalized spacial score (nSPS) is 27.9. The van der Waals surface area contributed by atoms with E-state index in [1.54, 1.807) is 24.4 Å². The van der Waals surface area contributed by atoms with Gasteiger partial charge in [-0.2, -0.15) is 0 Å². The molecule has 0 spiro atoms. The summed E-state index contributed by atoms with van der Waals surface area (Å²) in [6.07, 6.45) is 0. The van der Waals surface area contributed by atoms with Crippen molar-refractivity contribution < 1.29 is 19.4 Å². The number of carboxylic acid groups (broad SMARTS) is 1. The summed E-state index contributed by atoms with van der Waals surface area (Å²) in [4.78, 5) is 23.6. The zero-order valence-corrected chi connectivity index (χ0v) is 10.1. The van der Waals surface area contributed by atoms with Crippen LogP contribution in [-0.4, -0.2) is 36.2 Å². The smallest absolute Gasteiger partial charge is 0.313 e. The Hall–Kier alpha value is -1.40. The summed E-state index contributed by atoms with van der Waals surface area (Å²) in [6.45, 7) is 1.94. The lowest BCUT2D eigenvalue weighted by molar-refractivity contribution is -0.148. The molecule has 1 aromatic rings. The molecular formula is C11H13NO4S. The van der Waals surface area contributed by atoms with Crippen molar-refractivity contribution in [1.82, 2.24) is 5.32 Å². The Bertz CT molecular complexity index is 431. The van der Waals surface area contributed by atoms with Gasteiger partial charge in [-0.25, -0.2) is 0 Å². The molecule has 0 saturated carbocycles. The van der Waals surface area contributed by atoms with E-state index in [1.165, 1.54) is 11.3 Å². The summed E-state index contributed by atoms with van der Waals surface area (Å²) in [5.41, 5.74) is -1.05. The Labute approximate surface area is 102 Å². The van der Waals surface area contributed by atoms with Gasteiger partial charge >= 0.3 is 5.97 Å². The monoisotopic (exact) mass is 255 g/mol. The van der Waals surface area contributed by atoms with Crippen LogP contribution in [0.15, 0.2) is 17.5 Å². The highest BCUT2D eigenvalue weighted by atomic mass is 32.1. The fourth-order valence-electron chi connectivity index (χ4n) is 1.72. The summed E-state index contributed by atoms with van der Waals surface area (Å²) in [5, 5.41) is 13.7. The molecule has 1 aliphatic rings. The van der Waals surface area contributed by atoms with E-state index in [0.29, 0.717) is 4.88 Å². The molecule has 0 radical (unpaired) electrons. The molecule has 2 unspecified atom stereocenters. The molecule has 2 heterocycles. The molecule has 1 saturated heterocycles. The van der Waals surface area contributed by atoms with Crippen molar-refractivity contribution in [2.24, 2.45) is 5.41 Å². The summed E-state index contributed by atoms with van der Waals surface area (Å²) >= 11 is 1.32. The molecule has 1 fully saturated rings. The number of carbonyl (C=O) groups excluding carboxylic acids is 1. The third-order valence-electron chi connectivity index (χ3n) is 2.99. The first-order valence-corrected chi connectivity index (χ1v) is 6.07. The van der Waals surface area contributed by atoms with Gasteiger partial charge in [-0.1, -0.05) is 6.07 Å². The Morgan fingerprint density at radius 3 is 3.00 bits per heavy atom. The molecule has 2 N–H and O–H groups in total. The van der Waals surface area contributed by atoms with E-state index < -0.39 is 17.4 Å². The van der Waals surface area contributed by atoms with E-state index in [0.717, 1.165) is 0 Å². The number of amides is 1. The molecule has 17 heavy (non-hydrogen) atoms. The lowest BCUT2D eigenvalue weighted by Crippen LogP contribution is -2.49. The van der Waals surface area contributed by atoms with Crippen LogP contribution in [0.3, 0.4) is 0 Å². The van der Waals surface area contributed by atoms with E-state index in [1.807, 2.05) is 0 Å². The van der Waals surface area contributed by atoms with Gasteiger partial charge in [0.1, 0.15) is 5.41 Å². The molecule has 1 aliphatic heterocycles. The van der Waals surface area contributed by atoms with Gasteiger partial charge in [0, 0.05) is 0 Å². The van der Waals surface area contributed by atoms with Gasteiger partial charge in [0.15, 0.2) is 0 Å². The van der Waals surface area contributed by atoms with Crippen LogP contribution in [0.5, 0.6) is 0 Å². The second-order valence-corrected chi connectivity index (χ2v) is 5.19. The molecule has 6 heteroatoms. The second kappa shape index (κ2) is 4.46. The Kier molecular flexibility index (Phi) is 3.17. The second-order valence-electron chi connectivity index (χ2n) is 4.24. The van der Waals surface area contributed by atoms with Gasteiger partial charge in [-0.3, -0.25) is 9.59 Å². The van der Waals surface area contributed by atoms with Crippen LogP contribution < -0.4 is 5.32 Å². The minimum atomic E-state index is -1.05. The van der Waals surface area contributed by atoms with Crippen molar-refractivity contribution >= 4 is 23.2 Å². The predicted octanol–water partition coefficient (Wildman–Crippen LogP) is 0.968. The highest BCUT2D eigenvalue weighted by molar-refractivity contribution is 7.12. The fourth-order valence-corrected chi connectivity index (χ4v) is 2.35. The van der Waals surface area contributed by atoms with Crippen molar-refractivity contribution in [2.75, 3.05) is 13.2 Å². The van der Waals surface area contributed by atoms with Gasteiger partial charge in [-0.05, 0) is 18.4 Å². The van der Waals surface area contributed by atoms with Gasteiger partial charge in [0.2, 0.25) is 0 Å². The van der Waals surface area contributed by atoms with Crippen LogP contribution in [0, 0.1) is 5.41 Å². The number of hydrogen-bond donors (Lipinski definition) is 2. The molecule has 2 atom stereocenters. The molecule has 0 bridgehead atoms. The topological polar surface area (TPSA) is 75.6 Å². The number of aliphatic carboxylic acids is 1. The maximum absolute atomic E-state index is 11.8. The van der Waals surface area contributed by atoms with Crippen molar-refractivity contribution in [1.29, 1.82) is 0 Å². The molecule has 0 aromatic carbocycles. The lowest BCUT2D eigenvalue weighted by Gasteiger charge is -2.25. The van der Waals surface area contributed by atoms with E-state index in [4.69, 9.17) is 9.84 Å². The average Bonchev–Trinajstić information content (AvgIpc) is 2.89. The van der Waals surface area contributed by atoms with Crippen molar-refractivity contribution in [3.63, 3.8) is 0 Å². The highest BCUT2D eigenvalue weighted by Crippen LogP contribution is 2.29. The predicted molar refractivity (Wildman–Crippen MR) is 62.1 cm³/mol. The lowest BCUT2D eigenvalue weighted by atomic mass is 9.85. The minimum Gasteiger partial charge on any atom is -0.481 e. The summed E-state index contributed by atoms with van der Waals surface area (Å²) in [7, 11) is 0. The molecule has 92 valence electrons. The van der Waals surface area contributed by atoms with E-state index in [9.17, 15) is 9.59 Å². The van der Waals surface area contributed by atoms with E-state index in [2.05, 4.69) is 5.32 Å². The minimum absolute atomic E-state index is 0.123. The molecule has 1 aromatic heterocycles. The molecule has 2 rings (SSSR count). The number of nitrogens with one attached hydrogen (secondary N) is 1. The van der Waals surface area contributed by atoms with Crippen LogP contribution in [0.1, 0.15) is 16.6 Å². The van der Waals surface area contributed by atoms with E-state index >= 15 is 0 Å². The van der Waals surface area contributed by atoms with Gasteiger partial charge in [-0.15, -0.1) is 11.3 Å². The maximum atomic E-state index is 11.8. The third kappa shape index (κ3) is 2.18. The standard InChI is InChI=1S/C11H13NO4S/c1-11(10(14)15)6-16-5-8(11)12-9(13)7-3-2-4-17-7/h2-4,8H,5-6H2,1H3,(H,12,13)(H,14,15). The van der Waals surface area contributed by atoms with Crippen LogP contribution in [0.4, 0.5) is 0 Å². The van der Waals surface area contributed by atoms with Gasteiger partial charge in [0.05, 0.1) is 24.1 Å². The zero-order valence-electron chi connectivity index (χ0n) is 9.30. The number of rotatable bonds is 3. The van der Waals surface area contributed by atoms with E-state index in [-0.39, 0.29) is 19.1 Å². The van der Waals surface area contributed by atoms with Crippen LogP contribution >= 0.6 is 11.3 Å². The van der Waals surface area contributed by atoms with Crippen LogP contribution in [0.2, 0.25) is 0 Å². The van der Waals surface area contributed by atoms with Gasteiger partial charge < -0.3 is 15.2 Å². The first-order chi connectivity index (χ1) is 8.04. The number of ether oxygens (including phenoxy) is 1. The summed E-state index contributed by atoms with van der Waals surface area (Å²) in [5.74, 6) is -1.20. The molecular weight excluding hydrogens is 242 g/mol. The fraction of sp³-hybridized carbons (Fsp3) is 0.455. The SMILES string of the molecule is CC1(C(=O)O)COCC1NC(=O)c1cccs1. The van der Waals surface area contributed by atoms with Crippen LogP contribution in [-0.2, 0) is 9.53 Å². The van der Waals surface area contributed by atoms with Crippen molar-refractivity contribution in [3.8, 4) is 0 Å². The van der Waals surface area contributed by atoms with Crippen molar-refractivity contribution in [3.05, 3.63) is 22.4 Å². The summed E-state index contributed by atoms with van der Waals surface area (Å²) in [6, 6.07) is 2.99. The third-order valence-corrected chi connectivity index (χ3v) is 3.86. The Morgan fingerprint density at radius 2 is 2.41 bits per heavy atom. The quantitative estimate of drug-likeness (QED) is 0.843. The molecule has 5 nitrogen and oxygen atoms in total. The first kappa shape index (κ1) is 12.1. The largest absolute Gasteiger partial charge is 0.481 e. The van der Waals surface area contributed by atoms with Crippen molar-refractivity contribution in [2.45, 2.75) is 13.0 Å². The molecule has 1 amide bonds. The van der Waals surface area contributed by atoms with Crippen LogP contribution in [0.25, 0.3) is 0 Å². The summed E-state index contributed by atoms with van der Waals surface area (Å²) < 4.78 is 5.16. The highest BCUT2D eigenvalue weighted by Gasteiger charge is 2.47. The average molecular weight is 255 g/mol. The first-order valence-electron chi connectivity index (χ1n) is 5.19. The number of thiophene rings is 1. The maximum Gasteiger partial charge on any atom is 0.313 e. The number of hydrogen-bond acceptors (Lipinski definition) is 4. The zero-order chi connectivity index (χ0) is 12.5. The number of carbonyl (C=O) groups is 2. The number of carboxylic acids is 1.